The van der Waals surface area contributed by atoms with Gasteiger partial charge in [0.25, 0.3) is 0 Å². The van der Waals surface area contributed by atoms with Gasteiger partial charge in [-0.25, -0.2) is 15.0 Å². The molecule has 0 aliphatic carbocycles. The van der Waals surface area contributed by atoms with Crippen molar-refractivity contribution in [3.05, 3.63) is 89.5 Å². The van der Waals surface area contributed by atoms with Crippen LogP contribution in [0.25, 0.3) is 65.4 Å². The average Bonchev–Trinajstić information content (AvgIpc) is 2.81. The number of rotatable bonds is 0. The molecule has 0 unspecified atom stereocenters. The molecule has 0 atom stereocenters. The minimum atomic E-state index is 0.962. The van der Waals surface area contributed by atoms with Crippen molar-refractivity contribution in [2.45, 2.75) is 20.8 Å². The van der Waals surface area contributed by atoms with Gasteiger partial charge >= 0.3 is 0 Å². The van der Waals surface area contributed by atoms with E-state index in [1.807, 2.05) is 0 Å². The van der Waals surface area contributed by atoms with Crippen LogP contribution in [0.5, 0.6) is 0 Å². The number of aromatic nitrogens is 3. The van der Waals surface area contributed by atoms with Crippen molar-refractivity contribution in [1.29, 1.82) is 0 Å². The van der Waals surface area contributed by atoms with Crippen molar-refractivity contribution in [3.63, 3.8) is 0 Å². The third-order valence-electron chi connectivity index (χ3n) is 6.68. The van der Waals surface area contributed by atoms with Crippen LogP contribution in [-0.2, 0) is 0 Å². The largest absolute Gasteiger partial charge is 0.247 e. The van der Waals surface area contributed by atoms with Crippen molar-refractivity contribution < 1.29 is 0 Å². The van der Waals surface area contributed by atoms with E-state index in [2.05, 4.69) is 93.6 Å². The molecule has 0 spiro atoms. The van der Waals surface area contributed by atoms with Crippen molar-refractivity contribution in [2.75, 3.05) is 0 Å². The van der Waals surface area contributed by atoms with Gasteiger partial charge < -0.3 is 0 Å². The van der Waals surface area contributed by atoms with E-state index in [1.165, 1.54) is 16.7 Å². The van der Waals surface area contributed by atoms with Crippen LogP contribution in [0.2, 0.25) is 0 Å². The van der Waals surface area contributed by atoms with E-state index in [-0.39, 0.29) is 0 Å². The Balaban J connectivity index is 1.78. The first kappa shape index (κ1) is 18.5. The summed E-state index contributed by atoms with van der Waals surface area (Å²) in [6.45, 7) is 6.36. The molecule has 0 N–H and O–H groups in total. The maximum absolute atomic E-state index is 5.14. The first-order chi connectivity index (χ1) is 16.0. The van der Waals surface area contributed by atoms with E-state index in [0.29, 0.717) is 0 Å². The number of fused-ring (bicyclic) bond motifs is 9. The number of hydrogen-bond donors (Lipinski definition) is 0. The molecule has 0 saturated heterocycles. The van der Waals surface area contributed by atoms with E-state index in [0.717, 1.165) is 65.4 Å². The molecule has 0 aliphatic rings. The second-order valence-corrected chi connectivity index (χ2v) is 9.24. The number of benzene rings is 4. The van der Waals surface area contributed by atoms with Gasteiger partial charge in [0.05, 0.1) is 33.1 Å². The van der Waals surface area contributed by atoms with E-state index >= 15 is 0 Å². The highest BCUT2D eigenvalue weighted by molar-refractivity contribution is 6.25. The summed E-state index contributed by atoms with van der Waals surface area (Å²) < 4.78 is 0. The Labute approximate surface area is 190 Å². The Morgan fingerprint density at radius 3 is 1.00 bits per heavy atom. The van der Waals surface area contributed by atoms with Crippen LogP contribution in [0.3, 0.4) is 0 Å². The normalized spacial score (nSPS) is 12.1. The summed E-state index contributed by atoms with van der Waals surface area (Å²) in [5.41, 5.74) is 9.55. The number of hydrogen-bond acceptors (Lipinski definition) is 3. The SMILES string of the molecule is Cc1ccc2nc3c4cc5cc(C)ccc5nc4c4cc5cc(C)ccc5nc4c3cc2c1. The van der Waals surface area contributed by atoms with Crippen molar-refractivity contribution in [1.82, 2.24) is 15.0 Å². The lowest BCUT2D eigenvalue weighted by Gasteiger charge is -2.13. The van der Waals surface area contributed by atoms with Gasteiger partial charge in [0.1, 0.15) is 0 Å². The van der Waals surface area contributed by atoms with Crippen LogP contribution in [0.1, 0.15) is 16.7 Å². The summed E-state index contributed by atoms with van der Waals surface area (Å²) in [6.07, 6.45) is 0. The van der Waals surface area contributed by atoms with Crippen LogP contribution in [0.15, 0.2) is 72.8 Å². The Kier molecular flexibility index (Phi) is 3.61. The minimum absolute atomic E-state index is 0.962. The zero-order valence-corrected chi connectivity index (χ0v) is 18.8. The van der Waals surface area contributed by atoms with Gasteiger partial charge in [0.15, 0.2) is 0 Å². The van der Waals surface area contributed by atoms with Gasteiger partial charge in [-0.3, -0.25) is 0 Å². The van der Waals surface area contributed by atoms with Gasteiger partial charge in [-0.1, -0.05) is 34.9 Å². The Morgan fingerprint density at radius 1 is 0.394 bits per heavy atom. The van der Waals surface area contributed by atoms with Gasteiger partial charge in [-0.15, -0.1) is 0 Å². The molecule has 3 nitrogen and oxygen atoms in total. The van der Waals surface area contributed by atoms with Crippen molar-refractivity contribution in [3.8, 4) is 0 Å². The van der Waals surface area contributed by atoms with E-state index in [9.17, 15) is 0 Å². The van der Waals surface area contributed by atoms with Crippen molar-refractivity contribution in [2.24, 2.45) is 0 Å². The van der Waals surface area contributed by atoms with Crippen LogP contribution in [0.4, 0.5) is 0 Å². The molecule has 33 heavy (non-hydrogen) atoms. The fourth-order valence-corrected chi connectivity index (χ4v) is 5.05. The summed E-state index contributed by atoms with van der Waals surface area (Å²) in [4.78, 5) is 15.4. The summed E-state index contributed by atoms with van der Waals surface area (Å²) >= 11 is 0. The molecule has 3 aromatic heterocycles. The van der Waals surface area contributed by atoms with Gasteiger partial charge in [0.2, 0.25) is 0 Å². The van der Waals surface area contributed by atoms with E-state index < -0.39 is 0 Å². The fourth-order valence-electron chi connectivity index (χ4n) is 5.05. The molecule has 7 rings (SSSR count). The van der Waals surface area contributed by atoms with Crippen LogP contribution in [-0.4, -0.2) is 15.0 Å². The molecule has 0 amide bonds. The number of pyridine rings is 3. The quantitative estimate of drug-likeness (QED) is 0.185. The minimum Gasteiger partial charge on any atom is -0.247 e. The van der Waals surface area contributed by atoms with Crippen molar-refractivity contribution >= 4 is 65.4 Å². The van der Waals surface area contributed by atoms with Gasteiger partial charge in [-0.2, -0.15) is 0 Å². The highest BCUT2D eigenvalue weighted by Crippen LogP contribution is 2.37. The molecular formula is C30H21N3. The third-order valence-corrected chi connectivity index (χ3v) is 6.68. The Bertz CT molecular complexity index is 1690. The molecule has 156 valence electrons. The smallest absolute Gasteiger partial charge is 0.0826 e. The van der Waals surface area contributed by atoms with Gasteiger partial charge in [0, 0.05) is 32.3 Å². The average molecular weight is 424 g/mol. The molecule has 0 bridgehead atoms. The molecule has 4 aromatic carbocycles. The molecule has 0 radical (unpaired) electrons. The second kappa shape index (κ2) is 6.46. The number of nitrogens with zero attached hydrogens (tertiary/aromatic N) is 3. The van der Waals surface area contributed by atoms with Gasteiger partial charge in [-0.05, 0) is 75.4 Å². The van der Waals surface area contributed by atoms with E-state index in [1.54, 1.807) is 0 Å². The zero-order valence-electron chi connectivity index (χ0n) is 18.8. The molecule has 0 saturated carbocycles. The molecule has 3 heteroatoms. The number of aryl methyl sites for hydroxylation is 3. The maximum atomic E-state index is 5.14. The van der Waals surface area contributed by atoms with Crippen LogP contribution < -0.4 is 0 Å². The first-order valence-electron chi connectivity index (χ1n) is 11.3. The molecule has 3 heterocycles. The Hall–Kier alpha value is -4.11. The highest BCUT2D eigenvalue weighted by atomic mass is 14.8. The second-order valence-electron chi connectivity index (χ2n) is 9.24. The lowest BCUT2D eigenvalue weighted by atomic mass is 9.98. The predicted octanol–water partition coefficient (Wildman–Crippen LogP) is 7.72. The summed E-state index contributed by atoms with van der Waals surface area (Å²) in [7, 11) is 0. The standard InChI is InChI=1S/C30H21N3/c1-16-4-7-25-19(10-16)13-22-28(31-25)23-14-20-11-18(3)6-9-27(20)33-30(23)24-15-21-12-17(2)5-8-26(21)32-29(22)24/h4-15H,1-3H3. The molecular weight excluding hydrogens is 402 g/mol. The lowest BCUT2D eigenvalue weighted by molar-refractivity contribution is 1.43. The summed E-state index contributed by atoms with van der Waals surface area (Å²) in [5, 5.41) is 6.64. The van der Waals surface area contributed by atoms with E-state index in [4.69, 9.17) is 15.0 Å². The maximum Gasteiger partial charge on any atom is 0.0826 e. The van der Waals surface area contributed by atoms with Crippen LogP contribution >= 0.6 is 0 Å². The highest BCUT2D eigenvalue weighted by Gasteiger charge is 2.15. The van der Waals surface area contributed by atoms with Crippen LogP contribution in [0, 0.1) is 20.8 Å². The topological polar surface area (TPSA) is 38.7 Å². The predicted molar refractivity (Wildman–Crippen MR) is 139 cm³/mol. The lowest BCUT2D eigenvalue weighted by Crippen LogP contribution is -1.94. The molecule has 0 fully saturated rings. The summed E-state index contributed by atoms with van der Waals surface area (Å²) in [5.74, 6) is 0. The molecule has 0 aliphatic heterocycles. The first-order valence-corrected chi connectivity index (χ1v) is 11.3. The fraction of sp³-hybridized carbons (Fsp3) is 0.100. The summed E-state index contributed by atoms with van der Waals surface area (Å²) in [6, 6.07) is 26.0. The molecule has 7 aromatic rings. The Morgan fingerprint density at radius 2 is 0.697 bits per heavy atom. The third kappa shape index (κ3) is 2.72. The monoisotopic (exact) mass is 423 g/mol. The zero-order chi connectivity index (χ0) is 22.3.